The third-order valence-electron chi connectivity index (χ3n) is 6.81. The molecule has 0 N–H and O–H groups in total. The monoisotopic (exact) mass is 484 g/mol. The van der Waals surface area contributed by atoms with Crippen LogP contribution in [-0.4, -0.2) is 91.0 Å². The summed E-state index contributed by atoms with van der Waals surface area (Å²) < 4.78 is 5.17. The van der Waals surface area contributed by atoms with Crippen molar-refractivity contribution in [2.45, 2.75) is 25.7 Å². The first-order valence-corrected chi connectivity index (χ1v) is 12.4. The molecule has 0 atom stereocenters. The fourth-order valence-corrected chi connectivity index (χ4v) is 4.98. The lowest BCUT2D eigenvalue weighted by Gasteiger charge is -2.36. The number of benzene rings is 1. The quantitative estimate of drug-likeness (QED) is 0.628. The number of methoxy groups -OCH3 is 1. The van der Waals surface area contributed by atoms with Crippen LogP contribution in [0.5, 0.6) is 0 Å². The van der Waals surface area contributed by atoms with Crippen molar-refractivity contribution in [2.24, 2.45) is 0 Å². The van der Waals surface area contributed by atoms with Gasteiger partial charge in [-0.1, -0.05) is 17.7 Å². The lowest BCUT2D eigenvalue weighted by Crippen LogP contribution is -2.49. The van der Waals surface area contributed by atoms with Gasteiger partial charge in [-0.3, -0.25) is 19.5 Å². The zero-order chi connectivity index (χ0) is 24.1. The number of carbonyl (C=O) groups is 2. The molecule has 0 bridgehead atoms. The van der Waals surface area contributed by atoms with Gasteiger partial charge in [0.1, 0.15) is 0 Å². The predicted octanol–water partition coefficient (Wildman–Crippen LogP) is 3.47. The summed E-state index contributed by atoms with van der Waals surface area (Å²) in [7, 11) is 1.71. The van der Waals surface area contributed by atoms with E-state index in [-0.39, 0.29) is 17.7 Å². The molecule has 2 fully saturated rings. The molecule has 1 aromatic carbocycles. The second-order valence-corrected chi connectivity index (χ2v) is 9.53. The van der Waals surface area contributed by atoms with Gasteiger partial charge in [0.15, 0.2) is 0 Å². The number of hydrogen-bond donors (Lipinski definition) is 0. The molecule has 0 radical (unpaired) electrons. The Balaban J connectivity index is 1.42. The average molecular weight is 485 g/mol. The lowest BCUT2D eigenvalue weighted by molar-refractivity contribution is 0.0589. The van der Waals surface area contributed by atoms with E-state index in [4.69, 9.17) is 21.3 Å². The van der Waals surface area contributed by atoms with Crippen LogP contribution in [0.4, 0.5) is 0 Å². The number of amides is 2. The summed E-state index contributed by atoms with van der Waals surface area (Å²) in [4.78, 5) is 37.3. The number of ether oxygens (including phenoxy) is 1. The molecule has 1 aromatic heterocycles. The largest absolute Gasteiger partial charge is 0.383 e. The van der Waals surface area contributed by atoms with E-state index in [0.717, 1.165) is 43.9 Å². The van der Waals surface area contributed by atoms with Gasteiger partial charge >= 0.3 is 0 Å². The predicted molar refractivity (Wildman–Crippen MR) is 133 cm³/mol. The standard InChI is InChI=1S/C26H33ClN4O3/c1-19-6-7-23(26(33)31-14-12-29(13-15-31)16-17-34-2)24(28-19)20-8-10-30(11-9-20)25(32)21-4-3-5-22(27)18-21/h3-7,18,20H,8-17H2,1-2H3. The second kappa shape index (κ2) is 11.3. The van der Waals surface area contributed by atoms with Crippen molar-refractivity contribution >= 4 is 23.4 Å². The fourth-order valence-electron chi connectivity index (χ4n) is 4.79. The van der Waals surface area contributed by atoms with Gasteiger partial charge in [0.2, 0.25) is 0 Å². The Hall–Kier alpha value is -2.48. The Morgan fingerprint density at radius 2 is 1.71 bits per heavy atom. The molecular weight excluding hydrogens is 452 g/mol. The van der Waals surface area contributed by atoms with Gasteiger partial charge in [-0.25, -0.2) is 0 Å². The molecule has 0 aliphatic carbocycles. The third-order valence-corrected chi connectivity index (χ3v) is 7.04. The molecule has 8 heteroatoms. The number of aromatic nitrogens is 1. The normalized spacial score (nSPS) is 17.7. The molecule has 2 aliphatic heterocycles. The summed E-state index contributed by atoms with van der Waals surface area (Å²) in [6.07, 6.45) is 1.57. The molecule has 2 aromatic rings. The maximum absolute atomic E-state index is 13.5. The summed E-state index contributed by atoms with van der Waals surface area (Å²) in [5.41, 5.74) is 3.10. The summed E-state index contributed by atoms with van der Waals surface area (Å²) in [5, 5.41) is 0.562. The van der Waals surface area contributed by atoms with Gasteiger partial charge in [-0.05, 0) is 50.1 Å². The zero-order valence-electron chi connectivity index (χ0n) is 20.0. The molecule has 7 nitrogen and oxygen atoms in total. The van der Waals surface area contributed by atoms with Crippen molar-refractivity contribution in [1.82, 2.24) is 19.7 Å². The molecule has 3 heterocycles. The van der Waals surface area contributed by atoms with Crippen LogP contribution in [0.15, 0.2) is 36.4 Å². The fraction of sp³-hybridized carbons (Fsp3) is 0.500. The van der Waals surface area contributed by atoms with E-state index in [2.05, 4.69) is 4.90 Å². The Labute approximate surface area is 206 Å². The SMILES string of the molecule is COCCN1CCN(C(=O)c2ccc(C)nc2C2CCN(C(=O)c3cccc(Cl)c3)CC2)CC1. The second-order valence-electron chi connectivity index (χ2n) is 9.09. The van der Waals surface area contributed by atoms with Gasteiger partial charge in [0, 0.05) is 75.1 Å². The van der Waals surface area contributed by atoms with Gasteiger partial charge in [-0.15, -0.1) is 0 Å². The van der Waals surface area contributed by atoms with Crippen LogP contribution < -0.4 is 0 Å². The number of piperazine rings is 1. The summed E-state index contributed by atoms with van der Waals surface area (Å²) in [6, 6.07) is 10.9. The van der Waals surface area contributed by atoms with Gasteiger partial charge in [-0.2, -0.15) is 0 Å². The minimum Gasteiger partial charge on any atom is -0.383 e. The number of hydrogen-bond acceptors (Lipinski definition) is 5. The first-order chi connectivity index (χ1) is 16.5. The van der Waals surface area contributed by atoms with E-state index >= 15 is 0 Å². The molecule has 34 heavy (non-hydrogen) atoms. The van der Waals surface area contributed by atoms with Crippen LogP contribution in [0.2, 0.25) is 5.02 Å². The first kappa shape index (κ1) is 24.6. The van der Waals surface area contributed by atoms with Crippen molar-refractivity contribution in [2.75, 3.05) is 59.5 Å². The van der Waals surface area contributed by atoms with Crippen LogP contribution in [-0.2, 0) is 4.74 Å². The van der Waals surface area contributed by atoms with Crippen LogP contribution in [0.3, 0.4) is 0 Å². The summed E-state index contributed by atoms with van der Waals surface area (Å²) in [6.45, 7) is 7.96. The minimum absolute atomic E-state index is 0.000736. The highest BCUT2D eigenvalue weighted by molar-refractivity contribution is 6.30. The van der Waals surface area contributed by atoms with E-state index in [1.807, 2.05) is 28.9 Å². The number of halogens is 1. The third kappa shape index (κ3) is 5.77. The van der Waals surface area contributed by atoms with Crippen molar-refractivity contribution < 1.29 is 14.3 Å². The highest BCUT2D eigenvalue weighted by atomic mass is 35.5. The van der Waals surface area contributed by atoms with Crippen molar-refractivity contribution in [3.8, 4) is 0 Å². The van der Waals surface area contributed by atoms with Gasteiger partial charge < -0.3 is 14.5 Å². The Morgan fingerprint density at radius 1 is 1.00 bits per heavy atom. The molecule has 182 valence electrons. The molecular formula is C26H33ClN4O3. The highest BCUT2D eigenvalue weighted by Gasteiger charge is 2.30. The molecule has 0 spiro atoms. The maximum atomic E-state index is 13.5. The Kier molecular flexibility index (Phi) is 8.19. The van der Waals surface area contributed by atoms with Crippen molar-refractivity contribution in [3.63, 3.8) is 0 Å². The number of likely N-dealkylation sites (tertiary alicyclic amines) is 1. The number of aryl methyl sites for hydroxylation is 1. The molecule has 2 amide bonds. The zero-order valence-corrected chi connectivity index (χ0v) is 20.8. The molecule has 2 aliphatic rings. The Bertz CT molecular complexity index is 1010. The van der Waals surface area contributed by atoms with E-state index in [1.54, 1.807) is 31.4 Å². The van der Waals surface area contributed by atoms with E-state index in [9.17, 15) is 9.59 Å². The molecule has 2 saturated heterocycles. The highest BCUT2D eigenvalue weighted by Crippen LogP contribution is 2.31. The molecule has 0 unspecified atom stereocenters. The van der Waals surface area contributed by atoms with Gasteiger partial charge in [0.05, 0.1) is 17.9 Å². The van der Waals surface area contributed by atoms with E-state index < -0.39 is 0 Å². The topological polar surface area (TPSA) is 66.0 Å². The number of carbonyl (C=O) groups excluding carboxylic acids is 2. The molecule has 0 saturated carbocycles. The van der Waals surface area contributed by atoms with E-state index in [1.165, 1.54) is 0 Å². The summed E-state index contributed by atoms with van der Waals surface area (Å²) >= 11 is 6.06. The lowest BCUT2D eigenvalue weighted by atomic mass is 9.89. The van der Waals surface area contributed by atoms with E-state index in [0.29, 0.717) is 48.9 Å². The number of pyridine rings is 1. The van der Waals surface area contributed by atoms with Crippen molar-refractivity contribution in [3.05, 3.63) is 63.9 Å². The Morgan fingerprint density at radius 3 is 2.38 bits per heavy atom. The van der Waals surface area contributed by atoms with Crippen molar-refractivity contribution in [1.29, 1.82) is 0 Å². The first-order valence-electron chi connectivity index (χ1n) is 12.0. The van der Waals surface area contributed by atoms with Gasteiger partial charge in [0.25, 0.3) is 11.8 Å². The van der Waals surface area contributed by atoms with Crippen LogP contribution in [0.1, 0.15) is 50.9 Å². The van der Waals surface area contributed by atoms with Crippen LogP contribution in [0.25, 0.3) is 0 Å². The van der Waals surface area contributed by atoms with Crippen LogP contribution in [0, 0.1) is 6.92 Å². The molecule has 4 rings (SSSR count). The number of piperidine rings is 1. The maximum Gasteiger partial charge on any atom is 0.255 e. The number of rotatable bonds is 6. The number of nitrogens with zero attached hydrogens (tertiary/aromatic N) is 4. The minimum atomic E-state index is 0.000736. The summed E-state index contributed by atoms with van der Waals surface area (Å²) in [5.74, 6) is 0.220. The smallest absolute Gasteiger partial charge is 0.255 e. The average Bonchev–Trinajstić information content (AvgIpc) is 2.87. The van der Waals surface area contributed by atoms with Crippen LogP contribution >= 0.6 is 11.6 Å².